The van der Waals surface area contributed by atoms with Crippen molar-refractivity contribution in [3.8, 4) is 0 Å². The summed E-state index contributed by atoms with van der Waals surface area (Å²) in [6.07, 6.45) is 2.63. The van der Waals surface area contributed by atoms with Crippen LogP contribution in [-0.4, -0.2) is 136 Å². The maximum atomic E-state index is 11.4. The van der Waals surface area contributed by atoms with E-state index in [1.165, 1.54) is 49.4 Å². The predicted molar refractivity (Wildman–Crippen MR) is 328 cm³/mol. The maximum absolute atomic E-state index is 11.4. The number of ether oxygens (including phenoxy) is 2. The fourth-order valence-corrected chi connectivity index (χ4v) is 8.89. The molecule has 17 heteroatoms. The van der Waals surface area contributed by atoms with E-state index in [9.17, 15) is 14.4 Å². The molecule has 0 bridgehead atoms. The van der Waals surface area contributed by atoms with Gasteiger partial charge < -0.3 is 52.8 Å². The monoisotopic (exact) mass is 1120 g/mol. The lowest BCUT2D eigenvalue weighted by atomic mass is 10.1. The number of nitrogens with two attached hydrogens (primary N) is 2. The SMILES string of the molecule is CC1CC(=O)NC[C@@H](C)N1.CC1CCNC[C@@H](C)N1.COC(=O)CC(C)N[C@H](C)CN.COC(=O)CC(C)N[C@H](C)CN(Cc1ccccc1)Cc1ccccc1.C[C@@H](N)CN(Cc1ccccc1)Cc1ccccc1.Cl.Cl. The number of rotatable bonds is 21. The zero-order valence-corrected chi connectivity index (χ0v) is 50.7. The summed E-state index contributed by atoms with van der Waals surface area (Å²) in [5.74, 6) is -0.216. The van der Waals surface area contributed by atoms with Crippen molar-refractivity contribution in [1.29, 1.82) is 0 Å². The van der Waals surface area contributed by atoms with Crippen LogP contribution in [0.5, 0.6) is 0 Å². The van der Waals surface area contributed by atoms with Crippen molar-refractivity contribution in [2.45, 2.75) is 169 Å². The smallest absolute Gasteiger partial charge is 0.307 e. The van der Waals surface area contributed by atoms with Crippen LogP contribution < -0.4 is 43.4 Å². The highest BCUT2D eigenvalue weighted by Gasteiger charge is 2.18. The van der Waals surface area contributed by atoms with Gasteiger partial charge in [-0.15, -0.1) is 24.8 Å². The fraction of sp³-hybridized carbons (Fsp3) is 0.557. The topological polar surface area (TPSA) is 200 Å². The summed E-state index contributed by atoms with van der Waals surface area (Å²) in [4.78, 5) is 38.0. The first-order chi connectivity index (χ1) is 36.4. The first kappa shape index (κ1) is 73.5. The summed E-state index contributed by atoms with van der Waals surface area (Å²) in [6, 6.07) is 45.1. The first-order valence-electron chi connectivity index (χ1n) is 27.6. The molecule has 4 aromatic carbocycles. The highest BCUT2D eigenvalue weighted by atomic mass is 35.5. The van der Waals surface area contributed by atoms with Gasteiger partial charge in [0.1, 0.15) is 0 Å². The molecular formula is C61H102Cl2N10O5. The lowest BCUT2D eigenvalue weighted by Crippen LogP contribution is -2.43. The van der Waals surface area contributed by atoms with Crippen molar-refractivity contribution in [3.63, 3.8) is 0 Å². The van der Waals surface area contributed by atoms with Gasteiger partial charge in [-0.2, -0.15) is 0 Å². The van der Waals surface area contributed by atoms with Crippen molar-refractivity contribution in [3.05, 3.63) is 144 Å². The number of methoxy groups -OCH3 is 2. The number of benzene rings is 4. The third kappa shape index (κ3) is 37.4. The van der Waals surface area contributed by atoms with Crippen LogP contribution in [0.1, 0.15) is 110 Å². The van der Waals surface area contributed by atoms with E-state index in [1.54, 1.807) is 0 Å². The summed E-state index contributed by atoms with van der Waals surface area (Å²) >= 11 is 0. The van der Waals surface area contributed by atoms with E-state index in [0.717, 1.165) is 52.4 Å². The second-order valence-electron chi connectivity index (χ2n) is 20.9. The Morgan fingerprint density at radius 1 is 0.564 bits per heavy atom. The van der Waals surface area contributed by atoms with Crippen molar-refractivity contribution < 1.29 is 23.9 Å². The molecule has 6 rings (SSSR count). The lowest BCUT2D eigenvalue weighted by Gasteiger charge is -2.28. The van der Waals surface area contributed by atoms with Gasteiger partial charge >= 0.3 is 11.9 Å². The molecule has 0 aliphatic carbocycles. The van der Waals surface area contributed by atoms with Crippen LogP contribution in [0.4, 0.5) is 0 Å². The Morgan fingerprint density at radius 3 is 1.32 bits per heavy atom. The molecule has 2 saturated heterocycles. The number of nitrogens with zero attached hydrogens (tertiary/aromatic N) is 2. The Morgan fingerprint density at radius 2 is 0.936 bits per heavy atom. The van der Waals surface area contributed by atoms with Gasteiger partial charge in [0, 0.05) is 120 Å². The number of amides is 1. The summed E-state index contributed by atoms with van der Waals surface area (Å²) in [5.41, 5.74) is 16.6. The van der Waals surface area contributed by atoms with E-state index in [-0.39, 0.29) is 72.9 Å². The molecule has 2 heterocycles. The van der Waals surface area contributed by atoms with Crippen LogP contribution in [0.3, 0.4) is 0 Å². The minimum atomic E-state index is -0.195. The number of halogens is 2. The Hall–Kier alpha value is -4.49. The van der Waals surface area contributed by atoms with Crippen molar-refractivity contribution in [2.24, 2.45) is 11.5 Å². The molecule has 0 spiro atoms. The minimum Gasteiger partial charge on any atom is -0.469 e. The third-order valence-electron chi connectivity index (χ3n) is 12.4. The molecule has 440 valence electrons. The molecular weight excluding hydrogens is 1020 g/mol. The van der Waals surface area contributed by atoms with E-state index in [4.69, 9.17) is 16.2 Å². The highest BCUT2D eigenvalue weighted by molar-refractivity contribution is 5.85. The number of esters is 2. The van der Waals surface area contributed by atoms with Crippen LogP contribution in [-0.2, 0) is 50.0 Å². The summed E-state index contributed by atoms with van der Waals surface area (Å²) in [5, 5.41) is 19.6. The summed E-state index contributed by atoms with van der Waals surface area (Å²) in [7, 11) is 2.82. The molecule has 0 saturated carbocycles. The van der Waals surface area contributed by atoms with Gasteiger partial charge in [-0.05, 0) is 97.5 Å². The zero-order valence-electron chi connectivity index (χ0n) is 49.0. The Labute approximate surface area is 483 Å². The molecule has 10 N–H and O–H groups in total. The normalized spacial score (nSPS) is 18.7. The van der Waals surface area contributed by atoms with Gasteiger partial charge in [-0.1, -0.05) is 121 Å². The van der Waals surface area contributed by atoms with E-state index < -0.39 is 0 Å². The number of nitrogens with one attached hydrogen (secondary N) is 6. The zero-order chi connectivity index (χ0) is 56.1. The molecule has 2 fully saturated rings. The van der Waals surface area contributed by atoms with Crippen LogP contribution in [0, 0.1) is 0 Å². The van der Waals surface area contributed by atoms with Gasteiger partial charge in [0.05, 0.1) is 27.1 Å². The Bertz CT molecular complexity index is 1990. The molecule has 0 aromatic heterocycles. The average molecular weight is 1130 g/mol. The molecule has 2 aliphatic rings. The van der Waals surface area contributed by atoms with Crippen molar-refractivity contribution in [2.75, 3.05) is 53.5 Å². The summed E-state index contributed by atoms with van der Waals surface area (Å²) in [6.45, 7) is 27.8. The van der Waals surface area contributed by atoms with E-state index in [1.807, 2.05) is 39.8 Å². The molecule has 1 amide bonds. The first-order valence-corrected chi connectivity index (χ1v) is 27.6. The number of carbonyl (C=O) groups excluding carboxylic acids is 3. The van der Waals surface area contributed by atoms with Crippen LogP contribution in [0.15, 0.2) is 121 Å². The van der Waals surface area contributed by atoms with E-state index in [2.05, 4.69) is 190 Å². The molecule has 4 aromatic rings. The molecule has 9 atom stereocenters. The Kier molecular flexibility index (Phi) is 41.7. The number of carbonyl (C=O) groups is 3. The predicted octanol–water partition coefficient (Wildman–Crippen LogP) is 7.59. The van der Waals surface area contributed by atoms with Crippen molar-refractivity contribution >= 4 is 42.7 Å². The van der Waals surface area contributed by atoms with Gasteiger partial charge in [0.15, 0.2) is 0 Å². The van der Waals surface area contributed by atoms with Gasteiger partial charge in [0.25, 0.3) is 0 Å². The second-order valence-corrected chi connectivity index (χ2v) is 20.9. The van der Waals surface area contributed by atoms with Crippen LogP contribution in [0.2, 0.25) is 0 Å². The molecule has 15 nitrogen and oxygen atoms in total. The standard InChI is InChI=1S/C22H30N2O2.C17H22N2.C8H18N2O2.C7H14N2O.C7H16N2.2ClH/c1-18(14-22(25)26-3)23-19(2)15-24(16-20-10-6-4-7-11-20)17-21-12-8-5-9-13-21;1-15(18)12-19(13-16-8-4-2-5-9-16)14-17-10-6-3-7-11-17;1-6(4-8(11)12-3)10-7(2)5-9;1-5-3-7(10)8-4-6(2)9-5;1-6-3-4-8-5-7(2)9-6;;/h4-13,18-19,23H,14-17H2,1-3H3;2-11,15H,12-14,18H2,1H3;6-7,10H,4-5,9H2,1-3H3;5-6,9H,3-4H2,1-2H3,(H,8,10);6-9H,3-5H2,1-2H3;2*1H/t18?,19-;15-;6?,7-;5?,6-;6?,7-;;/m11111../s1. The fourth-order valence-electron chi connectivity index (χ4n) is 8.89. The van der Waals surface area contributed by atoms with E-state index in [0.29, 0.717) is 50.0 Å². The quantitative estimate of drug-likeness (QED) is 0.0380. The van der Waals surface area contributed by atoms with Crippen LogP contribution in [0.25, 0.3) is 0 Å². The molecule has 0 radical (unpaired) electrons. The number of hydrogen-bond donors (Lipinski definition) is 8. The maximum Gasteiger partial charge on any atom is 0.307 e. The van der Waals surface area contributed by atoms with Crippen LogP contribution >= 0.6 is 24.8 Å². The van der Waals surface area contributed by atoms with E-state index >= 15 is 0 Å². The van der Waals surface area contributed by atoms with Gasteiger partial charge in [-0.3, -0.25) is 24.2 Å². The minimum absolute atomic E-state index is 0. The van der Waals surface area contributed by atoms with Gasteiger partial charge in [0.2, 0.25) is 5.91 Å². The molecule has 4 unspecified atom stereocenters. The third-order valence-corrected chi connectivity index (χ3v) is 12.4. The van der Waals surface area contributed by atoms with Crippen molar-refractivity contribution in [1.82, 2.24) is 41.7 Å². The summed E-state index contributed by atoms with van der Waals surface area (Å²) < 4.78 is 9.28. The van der Waals surface area contributed by atoms with Gasteiger partial charge in [-0.25, -0.2) is 0 Å². The highest BCUT2D eigenvalue weighted by Crippen LogP contribution is 2.13. The Balaban J connectivity index is 0.00000100. The second kappa shape index (κ2) is 44.3. The number of hydrogen-bond acceptors (Lipinski definition) is 14. The largest absolute Gasteiger partial charge is 0.469 e. The average Bonchev–Trinajstić information content (AvgIpc) is 3.67. The lowest BCUT2D eigenvalue weighted by molar-refractivity contribution is -0.142. The molecule has 2 aliphatic heterocycles. The molecule has 78 heavy (non-hydrogen) atoms.